The van der Waals surface area contributed by atoms with Crippen molar-refractivity contribution in [2.75, 3.05) is 11.8 Å². The van der Waals surface area contributed by atoms with E-state index < -0.39 is 10.0 Å². The van der Waals surface area contributed by atoms with E-state index in [1.165, 1.54) is 12.1 Å². The fraction of sp³-hybridized carbons (Fsp3) is 0.0952. The fourth-order valence-corrected chi connectivity index (χ4v) is 3.99. The van der Waals surface area contributed by atoms with Crippen LogP contribution in [0.5, 0.6) is 0 Å². The van der Waals surface area contributed by atoms with Crippen molar-refractivity contribution in [1.82, 2.24) is 4.90 Å². The van der Waals surface area contributed by atoms with E-state index in [-0.39, 0.29) is 10.8 Å². The largest absolute Gasteiger partial charge is 0.337 e. The number of nitrogens with one attached hydrogen (secondary N) is 1. The number of benzene rings is 3. The number of hydrogen-bond acceptors (Lipinski definition) is 3. The average molecular weight is 415 g/mol. The van der Waals surface area contributed by atoms with Crippen molar-refractivity contribution in [1.29, 1.82) is 0 Å². The van der Waals surface area contributed by atoms with E-state index in [4.69, 9.17) is 11.6 Å². The lowest BCUT2D eigenvalue weighted by Crippen LogP contribution is -2.26. The molecule has 0 atom stereocenters. The molecule has 3 aromatic rings. The zero-order chi connectivity index (χ0) is 20.1. The average Bonchev–Trinajstić information content (AvgIpc) is 2.68. The van der Waals surface area contributed by atoms with Gasteiger partial charge in [0.25, 0.3) is 15.9 Å². The Balaban J connectivity index is 1.69. The molecule has 0 radical (unpaired) electrons. The Morgan fingerprint density at radius 2 is 1.64 bits per heavy atom. The molecule has 0 spiro atoms. The summed E-state index contributed by atoms with van der Waals surface area (Å²) in [6, 6.07) is 21.8. The molecule has 1 N–H and O–H groups in total. The zero-order valence-electron chi connectivity index (χ0n) is 15.2. The molecule has 0 fully saturated rings. The summed E-state index contributed by atoms with van der Waals surface area (Å²) in [5, 5.41) is 0.619. The molecule has 3 rings (SSSR count). The lowest BCUT2D eigenvalue weighted by Gasteiger charge is -2.18. The number of nitrogens with zero attached hydrogens (tertiary/aromatic N) is 1. The molecule has 0 aromatic heterocycles. The number of amides is 1. The van der Waals surface area contributed by atoms with Crippen LogP contribution in [0.1, 0.15) is 15.9 Å². The Kier molecular flexibility index (Phi) is 6.02. The van der Waals surface area contributed by atoms with Crippen LogP contribution in [0.25, 0.3) is 0 Å². The first-order chi connectivity index (χ1) is 13.3. The van der Waals surface area contributed by atoms with Crippen molar-refractivity contribution in [3.05, 3.63) is 95.0 Å². The molecular weight excluding hydrogens is 396 g/mol. The molecule has 144 valence electrons. The zero-order valence-corrected chi connectivity index (χ0v) is 16.7. The maximum atomic E-state index is 12.6. The van der Waals surface area contributed by atoms with E-state index >= 15 is 0 Å². The van der Waals surface area contributed by atoms with Gasteiger partial charge in [-0.2, -0.15) is 0 Å². The SMILES string of the molecule is CN(Cc1cccc(Cl)c1)C(=O)c1ccc(NS(=O)(=O)c2ccccc2)cc1. The number of sulfonamides is 1. The Morgan fingerprint density at radius 3 is 2.29 bits per heavy atom. The highest BCUT2D eigenvalue weighted by Gasteiger charge is 2.15. The second-order valence-electron chi connectivity index (χ2n) is 6.29. The quantitative estimate of drug-likeness (QED) is 0.649. The van der Waals surface area contributed by atoms with Gasteiger partial charge in [-0.15, -0.1) is 0 Å². The van der Waals surface area contributed by atoms with Crippen LogP contribution in [-0.2, 0) is 16.6 Å². The van der Waals surface area contributed by atoms with Crippen LogP contribution in [-0.4, -0.2) is 26.3 Å². The Morgan fingerprint density at radius 1 is 0.964 bits per heavy atom. The minimum absolute atomic E-state index is 0.169. The lowest BCUT2D eigenvalue weighted by molar-refractivity contribution is 0.0785. The van der Waals surface area contributed by atoms with E-state index in [2.05, 4.69) is 4.72 Å². The monoisotopic (exact) mass is 414 g/mol. The van der Waals surface area contributed by atoms with Gasteiger partial charge in [0.1, 0.15) is 0 Å². The minimum Gasteiger partial charge on any atom is -0.337 e. The van der Waals surface area contributed by atoms with Crippen LogP contribution in [0.4, 0.5) is 5.69 Å². The molecule has 0 saturated heterocycles. The molecule has 0 heterocycles. The van der Waals surface area contributed by atoms with E-state index in [1.807, 2.05) is 18.2 Å². The summed E-state index contributed by atoms with van der Waals surface area (Å²) in [4.78, 5) is 14.4. The van der Waals surface area contributed by atoms with Crippen molar-refractivity contribution in [2.24, 2.45) is 0 Å². The van der Waals surface area contributed by atoms with Gasteiger partial charge < -0.3 is 4.90 Å². The molecule has 0 bridgehead atoms. The van der Waals surface area contributed by atoms with Crippen LogP contribution in [0.3, 0.4) is 0 Å². The van der Waals surface area contributed by atoms with Crippen molar-refractivity contribution in [3.8, 4) is 0 Å². The van der Waals surface area contributed by atoms with Gasteiger partial charge in [-0.1, -0.05) is 41.9 Å². The number of carbonyl (C=O) groups is 1. The smallest absolute Gasteiger partial charge is 0.261 e. The molecule has 3 aromatic carbocycles. The van der Waals surface area contributed by atoms with Gasteiger partial charge in [-0.05, 0) is 54.1 Å². The summed E-state index contributed by atoms with van der Waals surface area (Å²) in [5.74, 6) is -0.169. The highest BCUT2D eigenvalue weighted by Crippen LogP contribution is 2.18. The first-order valence-electron chi connectivity index (χ1n) is 8.53. The Bertz CT molecular complexity index is 1070. The van der Waals surface area contributed by atoms with E-state index in [0.717, 1.165) is 5.56 Å². The molecule has 7 heteroatoms. The normalized spacial score (nSPS) is 11.1. The third-order valence-electron chi connectivity index (χ3n) is 4.09. The van der Waals surface area contributed by atoms with Gasteiger partial charge in [0, 0.05) is 29.9 Å². The van der Waals surface area contributed by atoms with Crippen LogP contribution >= 0.6 is 11.6 Å². The van der Waals surface area contributed by atoms with Crippen LogP contribution in [0.15, 0.2) is 83.8 Å². The fourth-order valence-electron chi connectivity index (χ4n) is 2.70. The van der Waals surface area contributed by atoms with Crippen LogP contribution in [0.2, 0.25) is 5.02 Å². The molecule has 0 unspecified atom stereocenters. The van der Waals surface area contributed by atoms with E-state index in [0.29, 0.717) is 22.8 Å². The van der Waals surface area contributed by atoms with Gasteiger partial charge in [0.15, 0.2) is 0 Å². The summed E-state index contributed by atoms with van der Waals surface area (Å²) in [6.07, 6.45) is 0. The third-order valence-corrected chi connectivity index (χ3v) is 5.73. The molecule has 0 aliphatic heterocycles. The standard InChI is InChI=1S/C21H19ClN2O3S/c1-24(15-16-6-5-7-18(22)14-16)21(25)17-10-12-19(13-11-17)23-28(26,27)20-8-3-2-4-9-20/h2-14,23H,15H2,1H3. The van der Waals surface area contributed by atoms with Gasteiger partial charge in [0.05, 0.1) is 4.90 Å². The number of carbonyl (C=O) groups excluding carboxylic acids is 1. The molecule has 5 nitrogen and oxygen atoms in total. The molecular formula is C21H19ClN2O3S. The number of rotatable bonds is 6. The molecule has 0 aliphatic carbocycles. The Hall–Kier alpha value is -2.83. The maximum absolute atomic E-state index is 12.6. The van der Waals surface area contributed by atoms with Crippen molar-refractivity contribution in [3.63, 3.8) is 0 Å². The molecule has 0 saturated carbocycles. The molecule has 1 amide bonds. The summed E-state index contributed by atoms with van der Waals surface area (Å²) in [6.45, 7) is 0.418. The van der Waals surface area contributed by atoms with Gasteiger partial charge >= 0.3 is 0 Å². The van der Waals surface area contributed by atoms with E-state index in [1.54, 1.807) is 60.5 Å². The lowest BCUT2D eigenvalue weighted by atomic mass is 10.1. The van der Waals surface area contributed by atoms with Crippen LogP contribution < -0.4 is 4.72 Å². The third kappa shape index (κ3) is 4.91. The van der Waals surface area contributed by atoms with E-state index in [9.17, 15) is 13.2 Å². The first kappa shape index (κ1) is 19.9. The second kappa shape index (κ2) is 8.46. The topological polar surface area (TPSA) is 66.5 Å². The maximum Gasteiger partial charge on any atom is 0.261 e. The highest BCUT2D eigenvalue weighted by molar-refractivity contribution is 7.92. The van der Waals surface area contributed by atoms with Gasteiger partial charge in [-0.3, -0.25) is 9.52 Å². The predicted molar refractivity (Wildman–Crippen MR) is 111 cm³/mol. The number of halogens is 1. The summed E-state index contributed by atoms with van der Waals surface area (Å²) in [5.41, 5.74) is 1.78. The molecule has 0 aliphatic rings. The first-order valence-corrected chi connectivity index (χ1v) is 10.4. The predicted octanol–water partition coefficient (Wildman–Crippen LogP) is 4.41. The molecule has 28 heavy (non-hydrogen) atoms. The van der Waals surface area contributed by atoms with Crippen molar-refractivity contribution in [2.45, 2.75) is 11.4 Å². The van der Waals surface area contributed by atoms with Crippen molar-refractivity contribution >= 4 is 33.2 Å². The second-order valence-corrected chi connectivity index (χ2v) is 8.41. The number of hydrogen-bond donors (Lipinski definition) is 1. The summed E-state index contributed by atoms with van der Waals surface area (Å²) >= 11 is 5.98. The van der Waals surface area contributed by atoms with Crippen molar-refractivity contribution < 1.29 is 13.2 Å². The van der Waals surface area contributed by atoms with Gasteiger partial charge in [0.2, 0.25) is 0 Å². The summed E-state index contributed by atoms with van der Waals surface area (Å²) in [7, 11) is -1.96. The summed E-state index contributed by atoms with van der Waals surface area (Å²) < 4.78 is 27.2. The van der Waals surface area contributed by atoms with Gasteiger partial charge in [-0.25, -0.2) is 8.42 Å². The minimum atomic E-state index is -3.67. The highest BCUT2D eigenvalue weighted by atomic mass is 35.5. The van der Waals surface area contributed by atoms with Crippen LogP contribution in [0, 0.1) is 0 Å². The number of anilines is 1. The Labute approximate surface area is 169 Å².